The van der Waals surface area contributed by atoms with Crippen LogP contribution in [0.5, 0.6) is 0 Å². The van der Waals surface area contributed by atoms with Gasteiger partial charge in [0.25, 0.3) is 0 Å². The number of rotatable bonds is 1. The molecule has 0 aliphatic rings. The van der Waals surface area contributed by atoms with Gasteiger partial charge in [-0.15, -0.1) is 0 Å². The molecular formula is C3H11NS. The van der Waals surface area contributed by atoms with Crippen molar-refractivity contribution in [3.8, 4) is 0 Å². The number of hydrogen-bond acceptors (Lipinski definition) is 2. The largest absolute Gasteiger partial charge is 0.322 e. The predicted molar refractivity (Wildman–Crippen MR) is 29.3 cm³/mol. The standard InChI is InChI=1S/C2H7NS.CH4/c1-4-2-3;/h2-3H2,1H3;1H4. The van der Waals surface area contributed by atoms with Crippen LogP contribution in [0.1, 0.15) is 7.43 Å². The molecule has 0 aliphatic heterocycles. The fourth-order valence-corrected chi connectivity index (χ4v) is 0. The molecule has 0 aromatic rings. The molecule has 2 N–H and O–H groups in total. The maximum absolute atomic E-state index is 4.99. The number of nitrogens with two attached hydrogens (primary N) is 1. The maximum atomic E-state index is 4.99. The van der Waals surface area contributed by atoms with Gasteiger partial charge in [0, 0.05) is 5.88 Å². The van der Waals surface area contributed by atoms with Crippen LogP contribution in [0, 0.1) is 0 Å². The molecule has 0 aromatic heterocycles. The van der Waals surface area contributed by atoms with Gasteiger partial charge < -0.3 is 5.73 Å². The van der Waals surface area contributed by atoms with Crippen LogP contribution >= 0.6 is 11.8 Å². The third-order valence-corrected chi connectivity index (χ3v) is 0.500. The van der Waals surface area contributed by atoms with Crippen molar-refractivity contribution in [2.75, 3.05) is 12.1 Å². The minimum atomic E-state index is 0. The third-order valence-electron chi connectivity index (χ3n) is 0.167. The number of hydrogen-bond donors (Lipinski definition) is 1. The second-order valence-corrected chi connectivity index (χ2v) is 1.37. The van der Waals surface area contributed by atoms with Gasteiger partial charge in [-0.05, 0) is 6.26 Å². The summed E-state index contributed by atoms with van der Waals surface area (Å²) < 4.78 is 0. The van der Waals surface area contributed by atoms with Gasteiger partial charge in [0.1, 0.15) is 0 Å². The molecule has 5 heavy (non-hydrogen) atoms. The first kappa shape index (κ1) is 9.00. The first-order valence-electron chi connectivity index (χ1n) is 1.11. The smallest absolute Gasteiger partial charge is 0.0389 e. The molecule has 2 heteroatoms. The van der Waals surface area contributed by atoms with Crippen LogP contribution in [-0.4, -0.2) is 12.1 Å². The van der Waals surface area contributed by atoms with E-state index < -0.39 is 0 Å². The van der Waals surface area contributed by atoms with E-state index in [0.29, 0.717) is 0 Å². The molecule has 0 unspecified atom stereocenters. The van der Waals surface area contributed by atoms with Gasteiger partial charge in [0.05, 0.1) is 0 Å². The molecule has 0 spiro atoms. The molecule has 0 aliphatic carbocycles. The van der Waals surface area contributed by atoms with Crippen LogP contribution in [-0.2, 0) is 0 Å². The summed E-state index contributed by atoms with van der Waals surface area (Å²) in [5.74, 6) is 0.736. The minimum absolute atomic E-state index is 0. The lowest BCUT2D eigenvalue weighted by Crippen LogP contribution is -1.88. The van der Waals surface area contributed by atoms with Crippen LogP contribution in [0.4, 0.5) is 0 Å². The lowest BCUT2D eigenvalue weighted by Gasteiger charge is -1.71. The van der Waals surface area contributed by atoms with E-state index in [9.17, 15) is 0 Å². The summed E-state index contributed by atoms with van der Waals surface area (Å²) in [7, 11) is 0. The van der Waals surface area contributed by atoms with Crippen molar-refractivity contribution in [3.05, 3.63) is 0 Å². The van der Waals surface area contributed by atoms with E-state index in [2.05, 4.69) is 0 Å². The van der Waals surface area contributed by atoms with Gasteiger partial charge >= 0.3 is 0 Å². The Morgan fingerprint density at radius 1 is 1.80 bits per heavy atom. The van der Waals surface area contributed by atoms with Crippen LogP contribution in [0.3, 0.4) is 0 Å². The Labute approximate surface area is 37.9 Å². The summed E-state index contributed by atoms with van der Waals surface area (Å²) in [6, 6.07) is 0. The Balaban J connectivity index is 0. The zero-order valence-corrected chi connectivity index (χ0v) is 3.51. The SMILES string of the molecule is C.CSCN. The molecule has 0 radical (unpaired) electrons. The molecule has 0 bridgehead atoms. The normalized spacial score (nSPS) is 6.00. The van der Waals surface area contributed by atoms with Gasteiger partial charge in [-0.1, -0.05) is 7.43 Å². The highest BCUT2D eigenvalue weighted by molar-refractivity contribution is 7.98. The van der Waals surface area contributed by atoms with Gasteiger partial charge in [-0.2, -0.15) is 11.8 Å². The quantitative estimate of drug-likeness (QED) is 0.487. The van der Waals surface area contributed by atoms with Crippen molar-refractivity contribution in [1.29, 1.82) is 0 Å². The van der Waals surface area contributed by atoms with Gasteiger partial charge in [-0.3, -0.25) is 0 Å². The Kier molecular flexibility index (Phi) is 15.9. The minimum Gasteiger partial charge on any atom is -0.322 e. The molecule has 0 amide bonds. The van der Waals surface area contributed by atoms with Crippen molar-refractivity contribution < 1.29 is 0 Å². The first-order valence-corrected chi connectivity index (χ1v) is 2.50. The zero-order valence-electron chi connectivity index (χ0n) is 2.69. The number of thioether (sulfide) groups is 1. The van der Waals surface area contributed by atoms with Gasteiger partial charge in [0.15, 0.2) is 0 Å². The second-order valence-electron chi connectivity index (χ2n) is 0.455. The summed E-state index contributed by atoms with van der Waals surface area (Å²) in [5.41, 5.74) is 4.99. The van der Waals surface area contributed by atoms with Crippen LogP contribution in [0.25, 0.3) is 0 Å². The molecule has 0 heterocycles. The van der Waals surface area contributed by atoms with E-state index >= 15 is 0 Å². The lowest BCUT2D eigenvalue weighted by atomic mass is 11.5. The zero-order chi connectivity index (χ0) is 3.41. The maximum Gasteiger partial charge on any atom is 0.0389 e. The summed E-state index contributed by atoms with van der Waals surface area (Å²) in [6.45, 7) is 0. The van der Waals surface area contributed by atoms with Crippen molar-refractivity contribution in [2.45, 2.75) is 7.43 Å². The topological polar surface area (TPSA) is 26.0 Å². The van der Waals surface area contributed by atoms with Crippen LogP contribution in [0.2, 0.25) is 0 Å². The Morgan fingerprint density at radius 2 is 2.00 bits per heavy atom. The average Bonchev–Trinajstić information content (AvgIpc) is 1.37. The average molecular weight is 93.2 g/mol. The molecule has 0 saturated heterocycles. The Bertz CT molecular complexity index is 8.85. The van der Waals surface area contributed by atoms with Gasteiger partial charge in [0.2, 0.25) is 0 Å². The molecule has 0 saturated carbocycles. The highest BCUT2D eigenvalue weighted by Gasteiger charge is 1.54. The van der Waals surface area contributed by atoms with E-state index in [1.807, 2.05) is 6.26 Å². The van der Waals surface area contributed by atoms with Crippen molar-refractivity contribution in [2.24, 2.45) is 5.73 Å². The molecule has 0 aromatic carbocycles. The third kappa shape index (κ3) is 13.4. The van der Waals surface area contributed by atoms with E-state index in [1.54, 1.807) is 11.8 Å². The summed E-state index contributed by atoms with van der Waals surface area (Å²) in [5, 5.41) is 0. The van der Waals surface area contributed by atoms with Gasteiger partial charge in [-0.25, -0.2) is 0 Å². The van der Waals surface area contributed by atoms with Crippen molar-refractivity contribution in [3.63, 3.8) is 0 Å². The summed E-state index contributed by atoms with van der Waals surface area (Å²) in [4.78, 5) is 0. The monoisotopic (exact) mass is 93.1 g/mol. The molecular weight excluding hydrogens is 82.1 g/mol. The molecule has 1 nitrogen and oxygen atoms in total. The highest BCUT2D eigenvalue weighted by atomic mass is 32.2. The highest BCUT2D eigenvalue weighted by Crippen LogP contribution is 1.77. The van der Waals surface area contributed by atoms with Crippen LogP contribution in [0.15, 0.2) is 0 Å². The fourth-order valence-electron chi connectivity index (χ4n) is 0. The predicted octanol–water partition coefficient (Wildman–Crippen LogP) is 0.902. The van der Waals surface area contributed by atoms with Crippen molar-refractivity contribution in [1.82, 2.24) is 0 Å². The Hall–Kier alpha value is 0.310. The summed E-state index contributed by atoms with van der Waals surface area (Å²) in [6.07, 6.45) is 1.97. The van der Waals surface area contributed by atoms with Crippen molar-refractivity contribution >= 4 is 11.8 Å². The van der Waals surface area contributed by atoms with E-state index in [1.165, 1.54) is 0 Å². The van der Waals surface area contributed by atoms with Crippen LogP contribution < -0.4 is 5.73 Å². The molecule has 34 valence electrons. The molecule has 0 fully saturated rings. The first-order chi connectivity index (χ1) is 1.91. The second kappa shape index (κ2) is 8.85. The van der Waals surface area contributed by atoms with E-state index in [-0.39, 0.29) is 7.43 Å². The van der Waals surface area contributed by atoms with E-state index in [0.717, 1.165) is 5.88 Å². The fraction of sp³-hybridized carbons (Fsp3) is 1.00. The van der Waals surface area contributed by atoms with E-state index in [4.69, 9.17) is 5.73 Å². The molecule has 0 rings (SSSR count). The molecule has 0 atom stereocenters. The summed E-state index contributed by atoms with van der Waals surface area (Å²) >= 11 is 1.63. The lowest BCUT2D eigenvalue weighted by molar-refractivity contribution is 1.40. The Morgan fingerprint density at radius 3 is 2.00 bits per heavy atom.